The number of nitrogens with zero attached hydrogens (tertiary/aromatic N) is 1. The van der Waals surface area contributed by atoms with Gasteiger partial charge in [-0.05, 0) is 24.8 Å². The molecule has 1 saturated heterocycles. The summed E-state index contributed by atoms with van der Waals surface area (Å²) in [6.07, 6.45) is 1.70. The van der Waals surface area contributed by atoms with E-state index in [1.807, 2.05) is 0 Å². The Morgan fingerprint density at radius 1 is 1.31 bits per heavy atom. The highest BCUT2D eigenvalue weighted by Crippen LogP contribution is 2.20. The lowest BCUT2D eigenvalue weighted by Gasteiger charge is -2.27. The van der Waals surface area contributed by atoms with Crippen LogP contribution in [-0.2, 0) is 14.3 Å². The highest BCUT2D eigenvalue weighted by molar-refractivity contribution is 5.98. The molecule has 5 heteroatoms. The molecule has 0 aromatic heterocycles. The van der Waals surface area contributed by atoms with Crippen molar-refractivity contribution in [1.29, 1.82) is 0 Å². The Hall–Kier alpha value is -0.940. The van der Waals surface area contributed by atoms with Gasteiger partial charge in [0.05, 0.1) is 0 Å². The fraction of sp³-hybridized carbons (Fsp3) is 0.818. The fourth-order valence-corrected chi connectivity index (χ4v) is 1.59. The Bertz CT molecular complexity index is 260. The average Bonchev–Trinajstić information content (AvgIpc) is 2.22. The second-order valence-corrected chi connectivity index (χ2v) is 4.90. The van der Waals surface area contributed by atoms with Gasteiger partial charge < -0.3 is 10.5 Å². The topological polar surface area (TPSA) is 72.6 Å². The molecule has 0 aromatic rings. The summed E-state index contributed by atoms with van der Waals surface area (Å²) in [5.41, 5.74) is 5.68. The molecule has 5 nitrogen and oxygen atoms in total. The quantitative estimate of drug-likeness (QED) is 0.679. The van der Waals surface area contributed by atoms with Crippen LogP contribution in [-0.4, -0.2) is 43.0 Å². The summed E-state index contributed by atoms with van der Waals surface area (Å²) < 4.78 is 4.83. The molecule has 0 aromatic carbocycles. The Morgan fingerprint density at radius 3 is 2.38 bits per heavy atom. The maximum Gasteiger partial charge on any atom is 0.255 e. The molecule has 0 radical (unpaired) electrons. The molecule has 0 unspecified atom stereocenters. The van der Waals surface area contributed by atoms with E-state index in [-0.39, 0.29) is 30.4 Å². The number of carbonyl (C=O) groups is 2. The number of morpholine rings is 1. The van der Waals surface area contributed by atoms with Crippen molar-refractivity contribution in [3.05, 3.63) is 0 Å². The van der Waals surface area contributed by atoms with Gasteiger partial charge in [-0.3, -0.25) is 14.5 Å². The Kier molecular flexibility index (Phi) is 4.44. The van der Waals surface area contributed by atoms with Gasteiger partial charge in [-0.1, -0.05) is 13.8 Å². The highest BCUT2D eigenvalue weighted by atomic mass is 16.5. The zero-order valence-corrected chi connectivity index (χ0v) is 9.99. The monoisotopic (exact) mass is 228 g/mol. The summed E-state index contributed by atoms with van der Waals surface area (Å²) in [6, 6.07) is 0. The molecule has 0 bridgehead atoms. The van der Waals surface area contributed by atoms with E-state index >= 15 is 0 Å². The molecule has 0 atom stereocenters. The molecule has 0 spiro atoms. The number of ether oxygens (including phenoxy) is 1. The third kappa shape index (κ3) is 3.57. The van der Waals surface area contributed by atoms with Crippen LogP contribution in [0.4, 0.5) is 0 Å². The minimum absolute atomic E-state index is 0.0199. The molecule has 2 N–H and O–H groups in total. The van der Waals surface area contributed by atoms with E-state index in [0.29, 0.717) is 13.1 Å². The first kappa shape index (κ1) is 13.1. The predicted molar refractivity (Wildman–Crippen MR) is 59.6 cm³/mol. The van der Waals surface area contributed by atoms with Crippen LogP contribution in [0, 0.1) is 5.41 Å². The average molecular weight is 228 g/mol. The third-order valence-corrected chi connectivity index (χ3v) is 2.84. The van der Waals surface area contributed by atoms with Gasteiger partial charge in [-0.2, -0.15) is 0 Å². The predicted octanol–water partition coefficient (Wildman–Crippen LogP) is 0.137. The van der Waals surface area contributed by atoms with Gasteiger partial charge >= 0.3 is 0 Å². The highest BCUT2D eigenvalue weighted by Gasteiger charge is 2.26. The normalized spacial score (nSPS) is 18.1. The van der Waals surface area contributed by atoms with Crippen LogP contribution >= 0.6 is 0 Å². The number of carbonyl (C=O) groups excluding carboxylic acids is 2. The minimum Gasteiger partial charge on any atom is -0.362 e. The van der Waals surface area contributed by atoms with Gasteiger partial charge in [0.15, 0.2) is 0 Å². The van der Waals surface area contributed by atoms with E-state index in [1.54, 1.807) is 0 Å². The number of hydrogen-bond donors (Lipinski definition) is 1. The van der Waals surface area contributed by atoms with Crippen LogP contribution < -0.4 is 5.73 Å². The number of rotatable bonds is 5. The first-order valence-corrected chi connectivity index (χ1v) is 5.57. The number of hydrogen-bond acceptors (Lipinski definition) is 4. The largest absolute Gasteiger partial charge is 0.362 e. The molecule has 1 fully saturated rings. The van der Waals surface area contributed by atoms with Gasteiger partial charge in [-0.15, -0.1) is 0 Å². The molecule has 2 amide bonds. The standard InChI is InChI=1S/C11H20N2O3/c1-11(2,8-12)4-3-5-13-9(14)6-16-7-10(13)15/h3-8,12H2,1-2H3. The van der Waals surface area contributed by atoms with Crippen molar-refractivity contribution < 1.29 is 14.3 Å². The Balaban J connectivity index is 2.36. The Labute approximate surface area is 95.9 Å². The molecule has 1 aliphatic rings. The van der Waals surface area contributed by atoms with E-state index in [9.17, 15) is 9.59 Å². The molecule has 0 aliphatic carbocycles. The van der Waals surface area contributed by atoms with Crippen LogP contribution in [0.15, 0.2) is 0 Å². The second-order valence-electron chi connectivity index (χ2n) is 4.90. The summed E-state index contributed by atoms with van der Waals surface area (Å²) in [7, 11) is 0. The third-order valence-electron chi connectivity index (χ3n) is 2.84. The summed E-state index contributed by atoms with van der Waals surface area (Å²) >= 11 is 0. The van der Waals surface area contributed by atoms with Crippen molar-refractivity contribution in [2.24, 2.45) is 11.1 Å². The molecular weight excluding hydrogens is 208 g/mol. The zero-order valence-electron chi connectivity index (χ0n) is 9.99. The lowest BCUT2D eigenvalue weighted by Crippen LogP contribution is -2.46. The zero-order chi connectivity index (χ0) is 12.2. The van der Waals surface area contributed by atoms with Crippen LogP contribution in [0.25, 0.3) is 0 Å². The van der Waals surface area contributed by atoms with Gasteiger partial charge in [0, 0.05) is 6.54 Å². The summed E-state index contributed by atoms with van der Waals surface area (Å²) in [4.78, 5) is 24.1. The van der Waals surface area contributed by atoms with Crippen LogP contribution in [0.2, 0.25) is 0 Å². The first-order valence-electron chi connectivity index (χ1n) is 5.57. The first-order chi connectivity index (χ1) is 7.46. The van der Waals surface area contributed by atoms with Gasteiger partial charge in [0.1, 0.15) is 13.2 Å². The molecule has 16 heavy (non-hydrogen) atoms. The SMILES string of the molecule is CC(C)(CN)CCCN1C(=O)COCC1=O. The van der Waals surface area contributed by atoms with Crippen molar-refractivity contribution in [2.75, 3.05) is 26.3 Å². The fourth-order valence-electron chi connectivity index (χ4n) is 1.59. The molecule has 0 saturated carbocycles. The smallest absolute Gasteiger partial charge is 0.255 e. The number of imide groups is 1. The van der Waals surface area contributed by atoms with E-state index in [0.717, 1.165) is 12.8 Å². The molecule has 92 valence electrons. The van der Waals surface area contributed by atoms with Crippen molar-refractivity contribution in [1.82, 2.24) is 4.90 Å². The second kappa shape index (κ2) is 5.41. The number of amides is 2. The lowest BCUT2D eigenvalue weighted by atomic mass is 9.88. The van der Waals surface area contributed by atoms with E-state index in [1.165, 1.54) is 4.90 Å². The van der Waals surface area contributed by atoms with Gasteiger partial charge in [-0.25, -0.2) is 0 Å². The Morgan fingerprint density at radius 2 is 1.88 bits per heavy atom. The van der Waals surface area contributed by atoms with Crippen molar-refractivity contribution >= 4 is 11.8 Å². The van der Waals surface area contributed by atoms with Crippen molar-refractivity contribution in [3.63, 3.8) is 0 Å². The molecular formula is C11H20N2O3. The van der Waals surface area contributed by atoms with Crippen LogP contribution in [0.1, 0.15) is 26.7 Å². The lowest BCUT2D eigenvalue weighted by molar-refractivity contribution is -0.158. The van der Waals surface area contributed by atoms with Crippen molar-refractivity contribution in [2.45, 2.75) is 26.7 Å². The number of nitrogens with two attached hydrogens (primary N) is 1. The molecule has 1 aliphatic heterocycles. The van der Waals surface area contributed by atoms with E-state index < -0.39 is 0 Å². The molecule has 1 rings (SSSR count). The minimum atomic E-state index is -0.234. The van der Waals surface area contributed by atoms with Crippen LogP contribution in [0.5, 0.6) is 0 Å². The van der Waals surface area contributed by atoms with Gasteiger partial charge in [0.2, 0.25) is 0 Å². The molecule has 1 heterocycles. The van der Waals surface area contributed by atoms with Gasteiger partial charge in [0.25, 0.3) is 11.8 Å². The maximum absolute atomic E-state index is 11.4. The summed E-state index contributed by atoms with van der Waals surface area (Å²) in [5.74, 6) is -0.469. The van der Waals surface area contributed by atoms with E-state index in [4.69, 9.17) is 10.5 Å². The summed E-state index contributed by atoms with van der Waals surface area (Å²) in [6.45, 7) is 5.28. The van der Waals surface area contributed by atoms with E-state index in [2.05, 4.69) is 13.8 Å². The van der Waals surface area contributed by atoms with Crippen LogP contribution in [0.3, 0.4) is 0 Å². The van der Waals surface area contributed by atoms with Crippen molar-refractivity contribution in [3.8, 4) is 0 Å². The maximum atomic E-state index is 11.4. The summed E-state index contributed by atoms with van der Waals surface area (Å²) in [5, 5.41) is 0.